The van der Waals surface area contributed by atoms with Gasteiger partial charge in [0.15, 0.2) is 0 Å². The average Bonchev–Trinajstić information content (AvgIpc) is 0.807. The summed E-state index contributed by atoms with van der Waals surface area (Å²) >= 11 is 11.2. The molecule has 0 saturated carbocycles. The molecule has 0 fully saturated rings. The van der Waals surface area contributed by atoms with Crippen LogP contribution in [0.2, 0.25) is 10.0 Å². The molecule has 16 rings (SSSR count). The van der Waals surface area contributed by atoms with Gasteiger partial charge in [-0.2, -0.15) is 0 Å². The molecular formula is C82H88Cl2N22O15. The number of aliphatic imine (C=N–C) groups is 2. The van der Waals surface area contributed by atoms with E-state index >= 15 is 0 Å². The molecule has 10 N–H and O–H groups in total. The number of nitrogens with two attached hydrogens (primary N) is 1. The molecule has 3 aromatic carbocycles. The largest absolute Gasteiger partial charge is 0.497 e. The Morgan fingerprint density at radius 2 is 0.959 bits per heavy atom. The molecule has 1 atom stereocenters. The molecule has 8 aromatic heterocycles. The van der Waals surface area contributed by atoms with Gasteiger partial charge < -0.3 is 89.8 Å². The van der Waals surface area contributed by atoms with Gasteiger partial charge in [-0.3, -0.25) is 52.9 Å². The summed E-state index contributed by atoms with van der Waals surface area (Å²) < 4.78 is 25.6. The second-order valence-electron chi connectivity index (χ2n) is 25.5. The van der Waals surface area contributed by atoms with Crippen molar-refractivity contribution in [2.75, 3.05) is 82.3 Å². The molecule has 0 spiro atoms. The van der Waals surface area contributed by atoms with Crippen LogP contribution in [-0.4, -0.2) is 178 Å². The number of aromatic amines is 1. The first-order valence-corrected chi connectivity index (χ1v) is 38.3. The van der Waals surface area contributed by atoms with E-state index in [9.17, 15) is 47.9 Å². The van der Waals surface area contributed by atoms with Crippen LogP contribution in [0.4, 0.5) is 34.5 Å². The second kappa shape index (κ2) is 46.4. The van der Waals surface area contributed by atoms with Crippen LogP contribution in [-0.2, 0) is 50.6 Å². The topological polar surface area (TPSA) is 470 Å². The number of nitrogens with one attached hydrogen (secondary N) is 7. The van der Waals surface area contributed by atoms with Crippen molar-refractivity contribution in [3.8, 4) is 23.1 Å². The minimum absolute atomic E-state index is 0.0586. The van der Waals surface area contributed by atoms with Gasteiger partial charge in [-0.25, -0.2) is 39.9 Å². The van der Waals surface area contributed by atoms with Gasteiger partial charge >= 0.3 is 0 Å². The summed E-state index contributed by atoms with van der Waals surface area (Å²) in [7, 11) is 4.88. The molecule has 0 saturated heterocycles. The molecule has 11 aromatic rings. The van der Waals surface area contributed by atoms with E-state index < -0.39 is 5.56 Å². The lowest BCUT2D eigenvalue weighted by atomic mass is 10.1. The van der Waals surface area contributed by atoms with E-state index in [1.807, 2.05) is 86.6 Å². The van der Waals surface area contributed by atoms with Crippen LogP contribution in [0.25, 0.3) is 0 Å². The smallest absolute Gasteiger partial charge is 0.299 e. The molecule has 39 heteroatoms. The highest BCUT2D eigenvalue weighted by molar-refractivity contribution is 6.30. The molecule has 0 aliphatic carbocycles. The van der Waals surface area contributed by atoms with Gasteiger partial charge in [0, 0.05) is 116 Å². The van der Waals surface area contributed by atoms with Crippen molar-refractivity contribution < 1.29 is 48.0 Å². The van der Waals surface area contributed by atoms with Crippen LogP contribution in [0.5, 0.6) is 23.1 Å². The van der Waals surface area contributed by atoms with E-state index in [1.165, 1.54) is 67.4 Å². The SMILES string of the molecule is CC.COc1ccc(CN2CCn3c(ccc(Cl)c3=O)C2=O)cc1.COc1ccc(CN2CCn3c(ccc(Nc4ccncn4)c3=O)C2=O)cc1.COc1ccc(CNCCO)cc1.Nc1ccncn1.O=C1NCCn2c1ccc(NC1CC=NC=N1)c2=O.O=C1NCCn2c1ccc(Nc1ccncn1)c2=O.O=COc1ccc(Cl)c(=O)[nH]1. The molecular weight excluding hydrogens is 1600 g/mol. The standard InChI is InChI=1S/C20H19N5O3.C16H15ClN2O3.C12H13N5O2.C12H11N5O2.C10H15NO2.C6H4ClNO3.C4H5N3.C2H6/c1-28-15-4-2-14(3-5-15)12-24-10-11-25-17(20(24)27)7-6-16(19(25)26)23-18-8-9-21-13-22-18;1-22-12-4-2-11(3-5-12)10-18-8-9-19-14(16(18)21)7-6-13(17)15(19)20;2*18-11-9-2-1-8(12(19)17(9)6-5-14-11)16-10-3-4-13-7-15-10;1-13-10-4-2-9(3-5-10)8-11-6-7-12;7-4-1-2-5(11-3-9)8-6(4)10;5-4-1-2-6-3-7-4;1-2/h2-9,13H,10-12H2,1H3,(H,21,22,23);2-7H,8-10H2,1H3;1-2,4,7,10,16H,3,5-6H2,(H,14,18);1-4,7H,5-6H2,(H,14,18)(H,13,15,16);2-5,11-12H,6-8H2,1H3;1-3H,(H,8,10);1-3H,(H2,5,6,7);1-2H3. The molecule has 5 aliphatic rings. The number of hydrogen-bond donors (Lipinski definition) is 9. The zero-order valence-electron chi connectivity index (χ0n) is 66.4. The Bertz CT molecular complexity index is 5670. The van der Waals surface area contributed by atoms with E-state index in [0.717, 1.165) is 34.9 Å². The number of aliphatic hydroxyl groups excluding tert-OH is 1. The number of nitrogen functional groups attached to an aromatic ring is 1. The van der Waals surface area contributed by atoms with Gasteiger partial charge in [0.05, 0.1) is 27.9 Å². The van der Waals surface area contributed by atoms with Gasteiger partial charge in [-0.15, -0.1) is 0 Å². The maximum Gasteiger partial charge on any atom is 0.299 e. The number of hydrogen-bond acceptors (Lipinski definition) is 28. The molecule has 4 amide bonds. The van der Waals surface area contributed by atoms with Crippen molar-refractivity contribution in [3.05, 3.63) is 291 Å². The van der Waals surface area contributed by atoms with E-state index in [1.54, 1.807) is 117 Å². The zero-order valence-corrected chi connectivity index (χ0v) is 67.9. The highest BCUT2D eigenvalue weighted by atomic mass is 35.5. The van der Waals surface area contributed by atoms with Crippen molar-refractivity contribution in [1.29, 1.82) is 0 Å². The maximum absolute atomic E-state index is 12.9. The minimum Gasteiger partial charge on any atom is -0.497 e. The first-order chi connectivity index (χ1) is 58.8. The predicted octanol–water partition coefficient (Wildman–Crippen LogP) is 6.60. The quantitative estimate of drug-likeness (QED) is 0.0304. The van der Waals surface area contributed by atoms with Crippen LogP contribution in [0.3, 0.4) is 0 Å². The molecule has 13 heterocycles. The second-order valence-corrected chi connectivity index (χ2v) is 26.3. The third-order valence-electron chi connectivity index (χ3n) is 17.8. The average molecular weight is 1690 g/mol. The monoisotopic (exact) mass is 1690 g/mol. The fraction of sp³-hybridized carbons (Fsp3) is 0.244. The number of rotatable bonds is 19. The number of carbonyl (C=O) groups excluding carboxylic acids is 5. The number of carbonyl (C=O) groups is 5. The van der Waals surface area contributed by atoms with Crippen molar-refractivity contribution >= 4 is 100 Å². The Balaban J connectivity index is 0.000000165. The number of pyridine rings is 5. The van der Waals surface area contributed by atoms with Crippen LogP contribution in [0, 0.1) is 0 Å². The highest BCUT2D eigenvalue weighted by Crippen LogP contribution is 2.22. The van der Waals surface area contributed by atoms with Crippen LogP contribution in [0.1, 0.15) is 78.9 Å². The number of aliphatic hydroxyl groups is 1. The molecule has 0 bridgehead atoms. The number of H-pyrrole nitrogens is 1. The number of benzene rings is 3. The third kappa shape index (κ3) is 26.0. The number of aromatic nitrogens is 11. The van der Waals surface area contributed by atoms with Gasteiger partial charge in [-0.1, -0.05) is 73.4 Å². The Morgan fingerprint density at radius 1 is 0.512 bits per heavy atom. The summed E-state index contributed by atoms with van der Waals surface area (Å²) in [5.41, 5.74) is 9.73. The van der Waals surface area contributed by atoms with Crippen LogP contribution < -0.4 is 84.4 Å². The number of amides is 4. The fourth-order valence-electron chi connectivity index (χ4n) is 11.7. The maximum atomic E-state index is 12.9. The first kappa shape index (κ1) is 90.4. The number of methoxy groups -OCH3 is 3. The Kier molecular flexibility index (Phi) is 34.6. The van der Waals surface area contributed by atoms with E-state index in [-0.39, 0.29) is 81.0 Å². The Labute approximate surface area is 702 Å². The lowest BCUT2D eigenvalue weighted by molar-refractivity contribution is -0.121. The molecule has 121 heavy (non-hydrogen) atoms. The summed E-state index contributed by atoms with van der Waals surface area (Å²) in [6.45, 7) is 10.5. The zero-order chi connectivity index (χ0) is 86.6. The highest BCUT2D eigenvalue weighted by Gasteiger charge is 2.29. The summed E-state index contributed by atoms with van der Waals surface area (Å²) in [5, 5.41) is 26.2. The summed E-state index contributed by atoms with van der Waals surface area (Å²) in [5.74, 6) is 3.31. The van der Waals surface area contributed by atoms with Crippen LogP contribution >= 0.6 is 23.2 Å². The molecule has 5 aliphatic heterocycles. The summed E-state index contributed by atoms with van der Waals surface area (Å²) in [4.78, 5) is 155. The molecule has 1 unspecified atom stereocenters. The predicted molar refractivity (Wildman–Crippen MR) is 456 cm³/mol. The van der Waals surface area contributed by atoms with Gasteiger partial charge in [-0.05, 0) is 126 Å². The van der Waals surface area contributed by atoms with Crippen molar-refractivity contribution in [3.63, 3.8) is 0 Å². The van der Waals surface area contributed by atoms with Gasteiger partial charge in [0.2, 0.25) is 5.88 Å². The third-order valence-corrected chi connectivity index (χ3v) is 18.4. The van der Waals surface area contributed by atoms with Crippen molar-refractivity contribution in [2.45, 2.75) is 72.2 Å². The molecule has 0 radical (unpaired) electrons. The lowest BCUT2D eigenvalue weighted by Crippen LogP contribution is -2.44. The number of fused-ring (bicyclic) bond motifs is 4. The van der Waals surface area contributed by atoms with E-state index in [2.05, 4.69) is 81.5 Å². The van der Waals surface area contributed by atoms with Gasteiger partial charge in [0.1, 0.15) is 116 Å². The molecule has 37 nitrogen and oxygen atoms in total. The van der Waals surface area contributed by atoms with Crippen molar-refractivity contribution in [2.24, 2.45) is 9.98 Å². The number of anilines is 6. The number of nitrogens with zero attached hydrogens (tertiary/aromatic N) is 14. The summed E-state index contributed by atoms with van der Waals surface area (Å²) in [6.07, 6.45) is 12.6. The molecule has 630 valence electrons. The van der Waals surface area contributed by atoms with Crippen LogP contribution in [0.15, 0.2) is 223 Å². The fourth-order valence-corrected chi connectivity index (χ4v) is 12.0. The van der Waals surface area contributed by atoms with Gasteiger partial charge in [0.25, 0.3) is 57.9 Å². The van der Waals surface area contributed by atoms with E-state index in [0.29, 0.717) is 136 Å². The van der Waals surface area contributed by atoms with E-state index in [4.69, 9.17) is 48.3 Å². The lowest BCUT2D eigenvalue weighted by Gasteiger charge is -2.30. The van der Waals surface area contributed by atoms with Crippen molar-refractivity contribution in [1.82, 2.24) is 78.9 Å². The Morgan fingerprint density at radius 3 is 1.39 bits per heavy atom. The minimum atomic E-state index is -0.481. The normalized spacial score (nSPS) is 13.4. The first-order valence-electron chi connectivity index (χ1n) is 37.6. The summed E-state index contributed by atoms with van der Waals surface area (Å²) in [6, 6.07) is 43.6. The number of ether oxygens (including phenoxy) is 4. The Hall–Kier alpha value is -14.6. The number of halogens is 2.